The van der Waals surface area contributed by atoms with Crippen LogP contribution in [0.5, 0.6) is 0 Å². The summed E-state index contributed by atoms with van der Waals surface area (Å²) in [5.74, 6) is -2.10. The molecule has 1 aromatic rings. The standard InChI is InChI=1S/C16H36N.C12H13N5O6S/c1-5-9-13-17(14-10-6-2,15-11-7-3)16-12-8-4;1-23-12(7-17(11(12)19)24(20,21)22)14-10(18)9(15-16-13)8-5-3-2-4-6-8/h5-16H2,1-4H3;2-6,9H,7H2,1H3,(H,14,18)(H,20,21,22)/q+1;/p-1. The zero-order valence-corrected chi connectivity index (χ0v) is 26.1. The predicted molar refractivity (Wildman–Crippen MR) is 157 cm³/mol. The van der Waals surface area contributed by atoms with E-state index in [1.165, 1.54) is 94.2 Å². The summed E-state index contributed by atoms with van der Waals surface area (Å²) in [4.78, 5) is 26.9. The number of carbonyl (C=O) groups excluding carboxylic acids is 2. The largest absolute Gasteiger partial charge is 0.731 e. The van der Waals surface area contributed by atoms with Crippen molar-refractivity contribution in [3.8, 4) is 0 Å². The maximum atomic E-state index is 12.3. The van der Waals surface area contributed by atoms with Crippen LogP contribution < -0.4 is 5.32 Å². The van der Waals surface area contributed by atoms with Crippen LogP contribution in [-0.4, -0.2) is 79.1 Å². The average molecular weight is 597 g/mol. The number of ether oxygens (including phenoxy) is 1. The van der Waals surface area contributed by atoms with E-state index in [2.05, 4.69) is 43.0 Å². The number of unbranched alkanes of at least 4 members (excludes halogenated alkanes) is 4. The molecular formula is C28H48N6O6S. The van der Waals surface area contributed by atoms with Crippen LogP contribution in [-0.2, 0) is 24.6 Å². The molecule has 1 heterocycles. The van der Waals surface area contributed by atoms with Gasteiger partial charge >= 0.3 is 0 Å². The van der Waals surface area contributed by atoms with Gasteiger partial charge in [-0.3, -0.25) is 9.59 Å². The molecule has 0 aromatic heterocycles. The number of benzene rings is 1. The minimum Gasteiger partial charge on any atom is -0.731 e. The summed E-state index contributed by atoms with van der Waals surface area (Å²) in [6, 6.07) is 6.71. The SMILES string of the molecule is CCCC[N+](CCCC)(CCCC)CCCC.COC1(NC(=O)C(N=[N+]=[N-])c2ccccc2)CN(S(=O)(=O)[O-])C1=O. The fourth-order valence-corrected chi connectivity index (χ4v) is 5.49. The van der Waals surface area contributed by atoms with E-state index in [0.717, 1.165) is 7.11 Å². The van der Waals surface area contributed by atoms with E-state index in [1.54, 1.807) is 18.2 Å². The van der Waals surface area contributed by atoms with Crippen molar-refractivity contribution in [2.75, 3.05) is 39.8 Å². The number of rotatable bonds is 18. The molecule has 0 saturated carbocycles. The third kappa shape index (κ3) is 10.9. The highest BCUT2D eigenvalue weighted by Gasteiger charge is 2.57. The molecule has 1 aliphatic heterocycles. The molecule has 0 bridgehead atoms. The molecule has 2 rings (SSSR count). The molecular weight excluding hydrogens is 548 g/mol. The van der Waals surface area contributed by atoms with Gasteiger partial charge in [0.1, 0.15) is 6.04 Å². The van der Waals surface area contributed by atoms with E-state index in [9.17, 15) is 22.6 Å². The fraction of sp³-hybridized carbons (Fsp3) is 0.714. The van der Waals surface area contributed by atoms with Crippen molar-refractivity contribution in [2.24, 2.45) is 5.11 Å². The summed E-state index contributed by atoms with van der Waals surface area (Å²) >= 11 is 0. The van der Waals surface area contributed by atoms with Gasteiger partial charge in [-0.15, -0.1) is 0 Å². The van der Waals surface area contributed by atoms with Gasteiger partial charge in [-0.2, -0.15) is 0 Å². The summed E-state index contributed by atoms with van der Waals surface area (Å²) < 4.78 is 39.0. The fourth-order valence-electron chi connectivity index (χ4n) is 4.80. The third-order valence-corrected chi connectivity index (χ3v) is 8.19. The zero-order valence-electron chi connectivity index (χ0n) is 25.3. The Balaban J connectivity index is 0.000000438. The molecule has 2 amide bonds. The van der Waals surface area contributed by atoms with Crippen molar-refractivity contribution in [3.05, 3.63) is 46.3 Å². The Labute approximate surface area is 245 Å². The van der Waals surface area contributed by atoms with E-state index in [1.807, 2.05) is 0 Å². The first kappa shape index (κ1) is 36.3. The summed E-state index contributed by atoms with van der Waals surface area (Å²) in [5.41, 5.74) is 6.99. The third-order valence-electron chi connectivity index (χ3n) is 7.36. The van der Waals surface area contributed by atoms with Crippen LogP contribution >= 0.6 is 0 Å². The predicted octanol–water partition coefficient (Wildman–Crippen LogP) is 4.80. The molecule has 13 heteroatoms. The Hall–Kier alpha value is -2.70. The van der Waals surface area contributed by atoms with Crippen LogP contribution in [0, 0.1) is 0 Å². The molecule has 232 valence electrons. The summed E-state index contributed by atoms with van der Waals surface area (Å²) in [5, 5.41) is 5.57. The smallest absolute Gasteiger partial charge is 0.290 e. The Bertz CT molecular complexity index is 1060. The monoisotopic (exact) mass is 596 g/mol. The van der Waals surface area contributed by atoms with Crippen molar-refractivity contribution in [1.82, 2.24) is 9.62 Å². The van der Waals surface area contributed by atoms with Gasteiger partial charge in [-0.25, -0.2) is 12.7 Å². The maximum Gasteiger partial charge on any atom is 0.290 e. The number of quaternary nitrogens is 1. The van der Waals surface area contributed by atoms with Crippen molar-refractivity contribution in [1.29, 1.82) is 0 Å². The first-order chi connectivity index (χ1) is 19.5. The molecule has 2 atom stereocenters. The molecule has 0 aliphatic carbocycles. The van der Waals surface area contributed by atoms with E-state index >= 15 is 0 Å². The van der Waals surface area contributed by atoms with Crippen LogP contribution in [0.15, 0.2) is 35.4 Å². The number of hydrogen-bond donors (Lipinski definition) is 1. The first-order valence-corrected chi connectivity index (χ1v) is 16.0. The topological polar surface area (TPSA) is 165 Å². The molecule has 1 saturated heterocycles. The second-order valence-corrected chi connectivity index (χ2v) is 11.8. The Morgan fingerprint density at radius 1 is 1.05 bits per heavy atom. The summed E-state index contributed by atoms with van der Waals surface area (Å²) in [7, 11) is -3.93. The van der Waals surface area contributed by atoms with E-state index in [-0.39, 0.29) is 4.31 Å². The molecule has 1 aromatic carbocycles. The number of azide groups is 1. The number of methoxy groups -OCH3 is 1. The molecule has 41 heavy (non-hydrogen) atoms. The lowest BCUT2D eigenvalue weighted by atomic mass is 10.0. The minimum absolute atomic E-state index is 0.0296. The van der Waals surface area contributed by atoms with E-state index < -0.39 is 40.4 Å². The number of carbonyl (C=O) groups is 2. The Morgan fingerprint density at radius 3 is 1.85 bits per heavy atom. The van der Waals surface area contributed by atoms with Gasteiger partial charge in [0.2, 0.25) is 11.6 Å². The van der Waals surface area contributed by atoms with Gasteiger partial charge in [-0.05, 0) is 36.8 Å². The quantitative estimate of drug-likeness (QED) is 0.0486. The maximum absolute atomic E-state index is 12.3. The Morgan fingerprint density at radius 2 is 1.51 bits per heavy atom. The molecule has 1 aliphatic rings. The highest BCUT2D eigenvalue weighted by molar-refractivity contribution is 7.84. The van der Waals surface area contributed by atoms with Gasteiger partial charge in [0.25, 0.3) is 5.91 Å². The molecule has 2 unspecified atom stereocenters. The van der Waals surface area contributed by atoms with Crippen LogP contribution in [0.25, 0.3) is 10.4 Å². The van der Waals surface area contributed by atoms with Gasteiger partial charge in [0, 0.05) is 12.0 Å². The van der Waals surface area contributed by atoms with Crippen molar-refractivity contribution < 1.29 is 31.8 Å². The van der Waals surface area contributed by atoms with E-state index in [0.29, 0.717) is 5.56 Å². The lowest BCUT2D eigenvalue weighted by molar-refractivity contribution is -0.929. The normalized spacial score (nSPS) is 17.5. The number of hydrogen-bond acceptors (Lipinski definition) is 7. The van der Waals surface area contributed by atoms with Crippen molar-refractivity contribution in [3.63, 3.8) is 0 Å². The summed E-state index contributed by atoms with van der Waals surface area (Å²) in [6.45, 7) is 14.3. The van der Waals surface area contributed by atoms with Crippen LogP contribution in [0.3, 0.4) is 0 Å². The number of amides is 2. The second-order valence-electron chi connectivity index (χ2n) is 10.5. The Kier molecular flexibility index (Phi) is 15.9. The van der Waals surface area contributed by atoms with Crippen LogP contribution in [0.4, 0.5) is 0 Å². The summed E-state index contributed by atoms with van der Waals surface area (Å²) in [6.07, 6.45) is 11.1. The first-order valence-electron chi connectivity index (χ1n) is 14.6. The van der Waals surface area contributed by atoms with Crippen molar-refractivity contribution >= 4 is 22.1 Å². The minimum atomic E-state index is -4.99. The second kappa shape index (κ2) is 18.0. The number of nitrogens with one attached hydrogen (secondary N) is 1. The highest BCUT2D eigenvalue weighted by atomic mass is 32.2. The molecule has 0 spiro atoms. The molecule has 1 N–H and O–H groups in total. The van der Waals surface area contributed by atoms with E-state index in [4.69, 9.17) is 10.3 Å². The van der Waals surface area contributed by atoms with Gasteiger partial charge < -0.3 is 19.1 Å². The number of nitrogens with zero attached hydrogens (tertiary/aromatic N) is 5. The van der Waals surface area contributed by atoms with Crippen molar-refractivity contribution in [2.45, 2.75) is 90.8 Å². The van der Waals surface area contributed by atoms with Gasteiger partial charge in [0.05, 0.1) is 32.7 Å². The molecule has 1 fully saturated rings. The lowest BCUT2D eigenvalue weighted by Crippen LogP contribution is -2.76. The average Bonchev–Trinajstić information content (AvgIpc) is 2.96. The lowest BCUT2D eigenvalue weighted by Gasteiger charge is -2.47. The number of β-lactam (4-membered cyclic amide) rings is 1. The zero-order chi connectivity index (χ0) is 30.9. The van der Waals surface area contributed by atoms with Crippen LogP contribution in [0.2, 0.25) is 0 Å². The molecule has 0 radical (unpaired) electrons. The van der Waals surface area contributed by atoms with Crippen LogP contribution in [0.1, 0.15) is 90.7 Å². The van der Waals surface area contributed by atoms with Gasteiger partial charge in [0.15, 0.2) is 10.3 Å². The highest BCUT2D eigenvalue weighted by Crippen LogP contribution is 2.28. The molecule has 12 nitrogen and oxygen atoms in total. The van der Waals surface area contributed by atoms with Gasteiger partial charge in [-0.1, -0.05) is 88.8 Å².